The number of hydrogen-bond acceptors (Lipinski definition) is 5. The molecule has 3 N–H and O–H groups in total. The predicted molar refractivity (Wildman–Crippen MR) is 84.8 cm³/mol. The molecule has 0 unspecified atom stereocenters. The number of carbonyl (C=O) groups excluding carboxylic acids is 1. The van der Waals surface area contributed by atoms with Gasteiger partial charge >= 0.3 is 12.2 Å². The molecule has 0 radical (unpaired) electrons. The van der Waals surface area contributed by atoms with Crippen molar-refractivity contribution in [1.29, 1.82) is 0 Å². The van der Waals surface area contributed by atoms with E-state index in [-0.39, 0.29) is 18.9 Å². The zero-order valence-electron chi connectivity index (χ0n) is 12.8. The zero-order valence-corrected chi connectivity index (χ0v) is 13.6. The minimum atomic E-state index is -4.48. The first-order valence-electron chi connectivity index (χ1n) is 7.05. The van der Waals surface area contributed by atoms with E-state index in [1.165, 1.54) is 23.6 Å². The Labute approximate surface area is 140 Å². The van der Waals surface area contributed by atoms with Crippen LogP contribution in [0.25, 0.3) is 0 Å². The molecular formula is C14H16F3N5OS. The van der Waals surface area contributed by atoms with Crippen molar-refractivity contribution in [3.05, 3.63) is 40.0 Å². The lowest BCUT2D eigenvalue weighted by molar-refractivity contribution is -0.137. The summed E-state index contributed by atoms with van der Waals surface area (Å²) in [7, 11) is 0. The van der Waals surface area contributed by atoms with Gasteiger partial charge < -0.3 is 16.0 Å². The average molecular weight is 359 g/mol. The number of halogens is 3. The van der Waals surface area contributed by atoms with Crippen LogP contribution in [0, 0.1) is 6.92 Å². The Bertz CT molecular complexity index is 689. The lowest BCUT2D eigenvalue weighted by Gasteiger charge is -2.13. The first kappa shape index (κ1) is 18.0. The molecule has 0 aliphatic carbocycles. The summed E-state index contributed by atoms with van der Waals surface area (Å²) in [5.41, 5.74) is -0.0811. The number of nitrogens with one attached hydrogen (secondary N) is 3. The number of thiazole rings is 1. The summed E-state index contributed by atoms with van der Waals surface area (Å²) in [6.45, 7) is 2.42. The van der Waals surface area contributed by atoms with Gasteiger partial charge in [-0.15, -0.1) is 11.3 Å². The Balaban J connectivity index is 1.72. The zero-order chi connectivity index (χ0) is 17.6. The number of rotatable bonds is 6. The molecule has 0 saturated carbocycles. The Hall–Kier alpha value is -2.36. The summed E-state index contributed by atoms with van der Waals surface area (Å²) in [5, 5.41) is 10.5. The molecule has 2 aromatic rings. The second-order valence-electron chi connectivity index (χ2n) is 4.79. The van der Waals surface area contributed by atoms with E-state index >= 15 is 0 Å². The fraction of sp³-hybridized carbons (Fsp3) is 0.357. The maximum absolute atomic E-state index is 12.8. The van der Waals surface area contributed by atoms with Crippen molar-refractivity contribution in [1.82, 2.24) is 20.6 Å². The molecule has 2 amide bonds. The van der Waals surface area contributed by atoms with Crippen molar-refractivity contribution in [3.63, 3.8) is 0 Å². The number of urea groups is 1. The number of anilines is 1. The number of pyridine rings is 1. The van der Waals surface area contributed by atoms with Crippen LogP contribution in [0.2, 0.25) is 0 Å². The van der Waals surface area contributed by atoms with Gasteiger partial charge in [-0.25, -0.2) is 14.8 Å². The fourth-order valence-electron chi connectivity index (χ4n) is 1.85. The van der Waals surface area contributed by atoms with Gasteiger partial charge in [0.15, 0.2) is 0 Å². The van der Waals surface area contributed by atoms with Crippen LogP contribution in [0.15, 0.2) is 23.7 Å². The Kier molecular flexibility index (Phi) is 5.96. The molecule has 0 fully saturated rings. The third-order valence-corrected chi connectivity index (χ3v) is 3.74. The highest BCUT2D eigenvalue weighted by Gasteiger charge is 2.33. The predicted octanol–water partition coefficient (Wildman–Crippen LogP) is 2.78. The normalized spacial score (nSPS) is 11.2. The molecule has 0 bridgehead atoms. The molecule has 0 atom stereocenters. The molecule has 0 aliphatic heterocycles. The number of alkyl halides is 3. The van der Waals surface area contributed by atoms with Gasteiger partial charge in [-0.05, 0) is 19.1 Å². The van der Waals surface area contributed by atoms with Gasteiger partial charge in [0.1, 0.15) is 5.82 Å². The fourth-order valence-corrected chi connectivity index (χ4v) is 2.47. The summed E-state index contributed by atoms with van der Waals surface area (Å²) < 4.78 is 38.4. The minimum Gasteiger partial charge on any atom is -0.368 e. The van der Waals surface area contributed by atoms with Gasteiger partial charge in [-0.3, -0.25) is 0 Å². The van der Waals surface area contributed by atoms with Crippen LogP contribution in [0.4, 0.5) is 23.8 Å². The lowest BCUT2D eigenvalue weighted by Crippen LogP contribution is -2.37. The quantitative estimate of drug-likeness (QED) is 0.693. The first-order chi connectivity index (χ1) is 11.4. The smallest absolute Gasteiger partial charge is 0.368 e. The molecule has 10 heteroatoms. The minimum absolute atomic E-state index is 0.114. The van der Waals surface area contributed by atoms with Gasteiger partial charge in [0.2, 0.25) is 0 Å². The number of aryl methyl sites for hydroxylation is 1. The van der Waals surface area contributed by atoms with Gasteiger partial charge in [-0.2, -0.15) is 13.2 Å². The molecule has 0 aromatic carbocycles. The number of amides is 2. The van der Waals surface area contributed by atoms with Crippen molar-refractivity contribution in [3.8, 4) is 0 Å². The third kappa shape index (κ3) is 5.37. The van der Waals surface area contributed by atoms with E-state index in [2.05, 4.69) is 25.9 Å². The van der Waals surface area contributed by atoms with E-state index in [1.807, 2.05) is 12.3 Å². The Morgan fingerprint density at radius 2 is 2.08 bits per heavy atom. The van der Waals surface area contributed by atoms with Crippen molar-refractivity contribution in [2.24, 2.45) is 0 Å². The largest absolute Gasteiger partial charge is 0.419 e. The van der Waals surface area contributed by atoms with Gasteiger partial charge in [0, 0.05) is 24.7 Å². The number of carbonyl (C=O) groups is 1. The summed E-state index contributed by atoms with van der Waals surface area (Å²) in [5.74, 6) is -0.259. The average Bonchev–Trinajstić information content (AvgIpc) is 2.94. The van der Waals surface area contributed by atoms with Crippen molar-refractivity contribution < 1.29 is 18.0 Å². The summed E-state index contributed by atoms with van der Waals surface area (Å²) in [4.78, 5) is 19.5. The molecule has 130 valence electrons. The first-order valence-corrected chi connectivity index (χ1v) is 7.93. The topological polar surface area (TPSA) is 78.9 Å². The highest BCUT2D eigenvalue weighted by Crippen LogP contribution is 2.33. The highest BCUT2D eigenvalue weighted by molar-refractivity contribution is 7.09. The Morgan fingerprint density at radius 1 is 1.29 bits per heavy atom. The van der Waals surface area contributed by atoms with Gasteiger partial charge in [0.05, 0.1) is 22.8 Å². The highest BCUT2D eigenvalue weighted by atomic mass is 32.1. The number of hydrogen-bond donors (Lipinski definition) is 3. The molecule has 6 nitrogen and oxygen atoms in total. The van der Waals surface area contributed by atoms with E-state index in [0.29, 0.717) is 6.54 Å². The van der Waals surface area contributed by atoms with Gasteiger partial charge in [-0.1, -0.05) is 0 Å². The monoisotopic (exact) mass is 359 g/mol. The summed E-state index contributed by atoms with van der Waals surface area (Å²) >= 11 is 1.49. The standard InChI is InChI=1S/C14H16F3N5OS/c1-9-22-10(8-24-9)7-21-13(23)20-6-5-19-12-11(14(15,16)17)3-2-4-18-12/h2-4,8H,5-7H2,1H3,(H,18,19)(H2,20,21,23). The molecule has 2 heterocycles. The van der Waals surface area contributed by atoms with Crippen molar-refractivity contribution in [2.45, 2.75) is 19.6 Å². The van der Waals surface area contributed by atoms with E-state index in [4.69, 9.17) is 0 Å². The van der Waals surface area contributed by atoms with Crippen LogP contribution in [0.3, 0.4) is 0 Å². The molecule has 24 heavy (non-hydrogen) atoms. The second kappa shape index (κ2) is 7.95. The van der Waals surface area contributed by atoms with Gasteiger partial charge in [0.25, 0.3) is 0 Å². The van der Waals surface area contributed by atoms with Crippen molar-refractivity contribution in [2.75, 3.05) is 18.4 Å². The number of aromatic nitrogens is 2. The van der Waals surface area contributed by atoms with E-state index < -0.39 is 17.8 Å². The second-order valence-corrected chi connectivity index (χ2v) is 5.85. The van der Waals surface area contributed by atoms with Crippen LogP contribution < -0.4 is 16.0 Å². The van der Waals surface area contributed by atoms with Crippen LogP contribution in [0.1, 0.15) is 16.3 Å². The molecular weight excluding hydrogens is 343 g/mol. The molecule has 0 aliphatic rings. The summed E-state index contributed by atoms with van der Waals surface area (Å²) in [6.07, 6.45) is -3.21. The Morgan fingerprint density at radius 3 is 2.75 bits per heavy atom. The molecule has 2 rings (SSSR count). The van der Waals surface area contributed by atoms with E-state index in [1.54, 1.807) is 0 Å². The molecule has 2 aromatic heterocycles. The van der Waals surface area contributed by atoms with Crippen LogP contribution in [0.5, 0.6) is 0 Å². The van der Waals surface area contributed by atoms with E-state index in [9.17, 15) is 18.0 Å². The number of nitrogens with zero attached hydrogens (tertiary/aromatic N) is 2. The molecule has 0 saturated heterocycles. The summed E-state index contributed by atoms with van der Waals surface area (Å²) in [6, 6.07) is 1.75. The van der Waals surface area contributed by atoms with Crippen LogP contribution in [-0.4, -0.2) is 29.1 Å². The maximum Gasteiger partial charge on any atom is 0.419 e. The van der Waals surface area contributed by atoms with Crippen LogP contribution >= 0.6 is 11.3 Å². The van der Waals surface area contributed by atoms with Crippen molar-refractivity contribution >= 4 is 23.2 Å². The third-order valence-electron chi connectivity index (χ3n) is 2.91. The van der Waals surface area contributed by atoms with Crippen LogP contribution in [-0.2, 0) is 12.7 Å². The SMILES string of the molecule is Cc1nc(CNC(=O)NCCNc2ncccc2C(F)(F)F)cs1. The lowest BCUT2D eigenvalue weighted by atomic mass is 10.2. The molecule has 0 spiro atoms. The van der Waals surface area contributed by atoms with E-state index in [0.717, 1.165) is 16.8 Å². The maximum atomic E-state index is 12.8.